The minimum Gasteiger partial charge on any atom is -0.400 e. The first-order valence-electron chi connectivity index (χ1n) is 11.6. The van der Waals surface area contributed by atoms with Gasteiger partial charge in [0.05, 0.1) is 29.2 Å². The molecule has 0 aliphatic rings. The molecule has 0 saturated carbocycles. The van der Waals surface area contributed by atoms with E-state index in [0.717, 1.165) is 43.5 Å². The van der Waals surface area contributed by atoms with Crippen LogP contribution < -0.4 is 10.6 Å². The van der Waals surface area contributed by atoms with Crippen LogP contribution >= 0.6 is 0 Å². The molecule has 2 atom stereocenters. The highest BCUT2D eigenvalue weighted by atomic mass is 19.4. The van der Waals surface area contributed by atoms with Crippen LogP contribution in [-0.4, -0.2) is 56.0 Å². The van der Waals surface area contributed by atoms with Crippen LogP contribution in [0.3, 0.4) is 0 Å². The first-order valence-corrected chi connectivity index (χ1v) is 11.6. The number of carbonyl (C=O) groups is 3. The average molecular weight is 543 g/mol. The third kappa shape index (κ3) is 12.7. The number of aliphatic hydroxyl groups excluding tert-OH is 1. The van der Waals surface area contributed by atoms with Crippen molar-refractivity contribution >= 4 is 43.6 Å². The van der Waals surface area contributed by atoms with E-state index in [-0.39, 0.29) is 19.3 Å². The number of rotatable bonds is 12. The third-order valence-corrected chi connectivity index (χ3v) is 5.09. The van der Waals surface area contributed by atoms with Gasteiger partial charge in [-0.15, -0.1) is 0 Å². The highest BCUT2D eigenvalue weighted by Crippen LogP contribution is 2.29. The van der Waals surface area contributed by atoms with Gasteiger partial charge in [-0.05, 0) is 48.6 Å². The van der Waals surface area contributed by atoms with Gasteiger partial charge in [-0.3, -0.25) is 9.78 Å². The van der Waals surface area contributed by atoms with Gasteiger partial charge in [0.15, 0.2) is 0 Å². The first-order chi connectivity index (χ1) is 18.6. The second-order valence-corrected chi connectivity index (χ2v) is 7.65. The summed E-state index contributed by atoms with van der Waals surface area (Å²) >= 11 is 0. The number of amides is 1. The molecule has 0 fully saturated rings. The molecule has 1 radical (unpaired) electrons. The Morgan fingerprint density at radius 2 is 1.85 bits per heavy atom. The lowest BCUT2D eigenvalue weighted by atomic mass is 9.64. The summed E-state index contributed by atoms with van der Waals surface area (Å²) in [6.07, 6.45) is 2.13. The molecule has 2 aromatic rings. The Balaban J connectivity index is 0.000000858. The molecular formula is C27H31BF3N4O4. The summed E-state index contributed by atoms with van der Waals surface area (Å²) in [6.45, 7) is 7.36. The standard InChI is InChI=1S/C16H15BF3N2O3.C10H12N2.CH4O/c18-16(19,20)12-5-3-11(4-6-12)8-13(9-24)22-15(25)14(17-10-21)2-1-7-23;1-4-8-6-9(11-3)7-12-10(8)5-2;1-2/h3-7,9,13-14H,1-2,8H2,(H,22,25);4-7,11H,1-2H2,3H3;2H,1H3. The molecule has 1 aromatic heterocycles. The van der Waals surface area contributed by atoms with Crippen LogP contribution in [0.5, 0.6) is 0 Å². The Morgan fingerprint density at radius 1 is 1.21 bits per heavy atom. The van der Waals surface area contributed by atoms with Gasteiger partial charge in [0, 0.05) is 32.0 Å². The topological polar surface area (TPSA) is 132 Å². The van der Waals surface area contributed by atoms with Crippen molar-refractivity contribution in [1.82, 2.24) is 10.3 Å². The van der Waals surface area contributed by atoms with Crippen molar-refractivity contribution in [2.24, 2.45) is 0 Å². The summed E-state index contributed by atoms with van der Waals surface area (Å²) in [5, 5.41) is 21.1. The number of pyridine rings is 1. The molecule has 207 valence electrons. The van der Waals surface area contributed by atoms with Gasteiger partial charge in [0.2, 0.25) is 5.91 Å². The zero-order valence-electron chi connectivity index (χ0n) is 21.7. The van der Waals surface area contributed by atoms with Crippen LogP contribution in [0.25, 0.3) is 12.2 Å². The van der Waals surface area contributed by atoms with Crippen LogP contribution in [0.15, 0.2) is 49.7 Å². The molecule has 2 unspecified atom stereocenters. The fourth-order valence-electron chi connectivity index (χ4n) is 3.10. The van der Waals surface area contributed by atoms with Crippen molar-refractivity contribution in [1.29, 1.82) is 5.26 Å². The van der Waals surface area contributed by atoms with E-state index in [1.807, 2.05) is 13.1 Å². The van der Waals surface area contributed by atoms with Crippen molar-refractivity contribution in [2.75, 3.05) is 19.5 Å². The fraction of sp³-hybridized carbons (Fsp3) is 0.296. The highest BCUT2D eigenvalue weighted by Gasteiger charge is 2.30. The van der Waals surface area contributed by atoms with Crippen LogP contribution in [0.4, 0.5) is 18.9 Å². The van der Waals surface area contributed by atoms with E-state index in [1.165, 1.54) is 12.1 Å². The summed E-state index contributed by atoms with van der Waals surface area (Å²) in [5.41, 5.74) is 2.48. The van der Waals surface area contributed by atoms with Gasteiger partial charge in [-0.2, -0.15) is 13.2 Å². The second-order valence-electron chi connectivity index (χ2n) is 7.65. The number of hydrogen-bond donors (Lipinski definition) is 3. The van der Waals surface area contributed by atoms with E-state index < -0.39 is 29.5 Å². The van der Waals surface area contributed by atoms with Gasteiger partial charge < -0.3 is 25.3 Å². The van der Waals surface area contributed by atoms with E-state index in [1.54, 1.807) is 24.3 Å². The van der Waals surface area contributed by atoms with Crippen LogP contribution in [0.1, 0.15) is 35.2 Å². The second kappa shape index (κ2) is 18.9. The number of aromatic nitrogens is 1. The highest BCUT2D eigenvalue weighted by molar-refractivity contribution is 6.52. The maximum Gasteiger partial charge on any atom is 0.416 e. The molecule has 1 heterocycles. The minimum atomic E-state index is -4.45. The summed E-state index contributed by atoms with van der Waals surface area (Å²) < 4.78 is 37.5. The smallest absolute Gasteiger partial charge is 0.400 e. The lowest BCUT2D eigenvalue weighted by molar-refractivity contribution is -0.137. The van der Waals surface area contributed by atoms with Crippen LogP contribution in [0.2, 0.25) is 5.82 Å². The number of benzene rings is 1. The molecule has 0 saturated heterocycles. The largest absolute Gasteiger partial charge is 0.416 e. The lowest BCUT2D eigenvalue weighted by Gasteiger charge is -2.17. The zero-order valence-corrected chi connectivity index (χ0v) is 21.7. The summed E-state index contributed by atoms with van der Waals surface area (Å²) in [5.74, 6) is 0.290. The van der Waals surface area contributed by atoms with Gasteiger partial charge >= 0.3 is 6.18 Å². The van der Waals surface area contributed by atoms with Crippen LogP contribution in [-0.2, 0) is 27.0 Å². The Kier molecular flexibility index (Phi) is 16.9. The van der Waals surface area contributed by atoms with Gasteiger partial charge in [-0.1, -0.05) is 31.4 Å². The first kappa shape index (κ1) is 34.8. The lowest BCUT2D eigenvalue weighted by Crippen LogP contribution is -2.40. The summed E-state index contributed by atoms with van der Waals surface area (Å²) in [7, 11) is 3.93. The molecule has 39 heavy (non-hydrogen) atoms. The van der Waals surface area contributed by atoms with Gasteiger partial charge in [0.25, 0.3) is 7.28 Å². The zero-order chi connectivity index (χ0) is 29.8. The molecule has 0 aliphatic carbocycles. The average Bonchev–Trinajstić information content (AvgIpc) is 2.95. The molecule has 2 rings (SSSR count). The predicted octanol–water partition coefficient (Wildman–Crippen LogP) is 3.90. The van der Waals surface area contributed by atoms with Gasteiger partial charge in [0.1, 0.15) is 12.6 Å². The molecule has 0 bridgehead atoms. The maximum absolute atomic E-state index is 12.5. The van der Waals surface area contributed by atoms with E-state index in [0.29, 0.717) is 18.1 Å². The normalized spacial score (nSPS) is 11.4. The molecule has 0 aliphatic heterocycles. The Hall–Kier alpha value is -4.24. The summed E-state index contributed by atoms with van der Waals surface area (Å²) in [4.78, 5) is 37.8. The Labute approximate surface area is 226 Å². The number of nitriles is 1. The number of carbonyl (C=O) groups excluding carboxylic acids is 3. The van der Waals surface area contributed by atoms with Crippen molar-refractivity contribution in [3.8, 4) is 5.97 Å². The Morgan fingerprint density at radius 3 is 2.31 bits per heavy atom. The van der Waals surface area contributed by atoms with E-state index >= 15 is 0 Å². The number of nitrogens with zero attached hydrogens (tertiary/aromatic N) is 2. The molecule has 1 amide bonds. The molecule has 8 nitrogen and oxygen atoms in total. The van der Waals surface area contributed by atoms with E-state index in [4.69, 9.17) is 10.4 Å². The van der Waals surface area contributed by atoms with Crippen molar-refractivity contribution in [3.05, 3.63) is 72.1 Å². The van der Waals surface area contributed by atoms with Crippen molar-refractivity contribution in [3.63, 3.8) is 0 Å². The van der Waals surface area contributed by atoms with Crippen molar-refractivity contribution in [2.45, 2.75) is 37.3 Å². The molecule has 3 N–H and O–H groups in total. The number of aliphatic hydroxyl groups is 1. The number of halogens is 3. The number of anilines is 1. The molecule has 0 spiro atoms. The summed E-state index contributed by atoms with van der Waals surface area (Å²) in [6, 6.07) is 5.30. The van der Waals surface area contributed by atoms with E-state index in [2.05, 4.69) is 28.8 Å². The van der Waals surface area contributed by atoms with Crippen LogP contribution in [0, 0.1) is 11.2 Å². The SMILES string of the molecule is C=Cc1cc(NC)cnc1C=C.CO.N#C[B]C(CCC=O)C(=O)NC(C=O)Cc1ccc(C(F)(F)F)cc1. The monoisotopic (exact) mass is 543 g/mol. The number of nitrogens with one attached hydrogen (secondary N) is 2. The quantitative estimate of drug-likeness (QED) is 0.273. The molecular weight excluding hydrogens is 512 g/mol. The number of hydrogen-bond acceptors (Lipinski definition) is 7. The molecule has 12 heteroatoms. The van der Waals surface area contributed by atoms with Gasteiger partial charge in [-0.25, -0.2) is 5.26 Å². The van der Waals surface area contributed by atoms with E-state index in [9.17, 15) is 27.6 Å². The number of alkyl halides is 3. The molecule has 1 aromatic carbocycles. The predicted molar refractivity (Wildman–Crippen MR) is 146 cm³/mol. The minimum absolute atomic E-state index is 0.0142. The Bertz CT molecular complexity index is 1120. The fourth-order valence-corrected chi connectivity index (χ4v) is 3.10. The number of aldehydes is 2. The third-order valence-electron chi connectivity index (χ3n) is 5.09. The maximum atomic E-state index is 12.5. The van der Waals surface area contributed by atoms with Crippen molar-refractivity contribution < 1.29 is 32.7 Å².